The molecule has 4 nitrogen and oxygen atoms in total. The zero-order chi connectivity index (χ0) is 16.6. The number of hydrogen-bond acceptors (Lipinski definition) is 2. The largest absolute Gasteiger partial charge is 0.479 e. The van der Waals surface area contributed by atoms with Gasteiger partial charge >= 0.3 is 5.97 Å². The second kappa shape index (κ2) is 5.79. The number of aliphatic carboxylic acids is 1. The number of carbonyl (C=O) groups excluding carboxylic acids is 1. The van der Waals surface area contributed by atoms with Crippen molar-refractivity contribution in [3.05, 3.63) is 70.8 Å². The highest BCUT2D eigenvalue weighted by molar-refractivity contribution is 5.90. The molecule has 0 aliphatic heterocycles. The number of halogens is 2. The number of carboxylic acid groups (broad SMARTS) is 1. The quantitative estimate of drug-likeness (QED) is 0.911. The molecule has 1 aliphatic rings. The molecule has 0 saturated heterocycles. The van der Waals surface area contributed by atoms with Crippen LogP contribution in [0.25, 0.3) is 0 Å². The molecule has 2 unspecified atom stereocenters. The van der Waals surface area contributed by atoms with Crippen molar-refractivity contribution >= 4 is 11.9 Å². The summed E-state index contributed by atoms with van der Waals surface area (Å²) >= 11 is 0. The van der Waals surface area contributed by atoms with Gasteiger partial charge in [-0.25, -0.2) is 13.6 Å². The predicted octanol–water partition coefficient (Wildman–Crippen LogP) is 2.55. The third kappa shape index (κ3) is 2.79. The van der Waals surface area contributed by atoms with E-state index < -0.39 is 41.0 Å². The first-order valence-corrected chi connectivity index (χ1v) is 7.03. The Labute approximate surface area is 130 Å². The molecule has 0 spiro atoms. The standard InChI is InChI=1S/C17H13F2NO3/c18-10-5-6-14(19)13(8-10)15(17(22)23)20-16(21)12-7-9-3-1-2-4-11(9)12/h1-6,8,12,15H,7H2,(H,20,21)(H,22,23). The molecule has 118 valence electrons. The van der Waals surface area contributed by atoms with Crippen LogP contribution in [-0.4, -0.2) is 17.0 Å². The van der Waals surface area contributed by atoms with Gasteiger partial charge in [0.05, 0.1) is 5.92 Å². The first-order valence-electron chi connectivity index (χ1n) is 7.03. The molecule has 1 amide bonds. The first kappa shape index (κ1) is 15.1. The number of carboxylic acids is 1. The molecule has 1 aliphatic carbocycles. The van der Waals surface area contributed by atoms with Crippen LogP contribution in [0, 0.1) is 11.6 Å². The highest BCUT2D eigenvalue weighted by Crippen LogP contribution is 2.35. The van der Waals surface area contributed by atoms with Gasteiger partial charge in [-0.05, 0) is 35.7 Å². The van der Waals surface area contributed by atoms with Crippen molar-refractivity contribution in [2.24, 2.45) is 0 Å². The lowest BCUT2D eigenvalue weighted by atomic mass is 9.77. The predicted molar refractivity (Wildman–Crippen MR) is 77.8 cm³/mol. The zero-order valence-electron chi connectivity index (χ0n) is 11.9. The summed E-state index contributed by atoms with van der Waals surface area (Å²) in [4.78, 5) is 23.7. The monoisotopic (exact) mass is 317 g/mol. The van der Waals surface area contributed by atoms with E-state index in [2.05, 4.69) is 5.32 Å². The molecule has 3 rings (SSSR count). The number of rotatable bonds is 4. The first-order chi connectivity index (χ1) is 11.0. The minimum absolute atomic E-state index is 0.404. The molecule has 2 aromatic rings. The second-order valence-corrected chi connectivity index (χ2v) is 5.40. The van der Waals surface area contributed by atoms with Gasteiger partial charge in [0.1, 0.15) is 11.6 Å². The van der Waals surface area contributed by atoms with E-state index in [1.807, 2.05) is 12.1 Å². The summed E-state index contributed by atoms with van der Waals surface area (Å²) in [7, 11) is 0. The molecule has 0 heterocycles. The van der Waals surface area contributed by atoms with E-state index in [0.29, 0.717) is 6.42 Å². The average Bonchev–Trinajstić information content (AvgIpc) is 2.48. The Balaban J connectivity index is 1.83. The average molecular weight is 317 g/mol. The lowest BCUT2D eigenvalue weighted by Crippen LogP contribution is -2.40. The number of amides is 1. The van der Waals surface area contributed by atoms with Crippen molar-refractivity contribution < 1.29 is 23.5 Å². The molecule has 2 atom stereocenters. The molecule has 2 aromatic carbocycles. The van der Waals surface area contributed by atoms with E-state index >= 15 is 0 Å². The number of benzene rings is 2. The van der Waals surface area contributed by atoms with Gasteiger partial charge < -0.3 is 10.4 Å². The topological polar surface area (TPSA) is 66.4 Å². The fourth-order valence-corrected chi connectivity index (χ4v) is 2.74. The molecule has 0 aromatic heterocycles. The third-order valence-corrected chi connectivity index (χ3v) is 3.97. The normalized spacial score (nSPS) is 16.9. The van der Waals surface area contributed by atoms with Crippen molar-refractivity contribution in [3.63, 3.8) is 0 Å². The molecular weight excluding hydrogens is 304 g/mol. The third-order valence-electron chi connectivity index (χ3n) is 3.97. The highest BCUT2D eigenvalue weighted by atomic mass is 19.1. The Morgan fingerprint density at radius 2 is 1.91 bits per heavy atom. The van der Waals surface area contributed by atoms with Crippen LogP contribution >= 0.6 is 0 Å². The van der Waals surface area contributed by atoms with E-state index in [1.165, 1.54) is 0 Å². The summed E-state index contributed by atoms with van der Waals surface area (Å²) in [6.45, 7) is 0. The van der Waals surface area contributed by atoms with Crippen LogP contribution in [0.5, 0.6) is 0 Å². The lowest BCUT2D eigenvalue weighted by molar-refractivity contribution is -0.142. The van der Waals surface area contributed by atoms with Crippen molar-refractivity contribution in [1.29, 1.82) is 0 Å². The fraction of sp³-hybridized carbons (Fsp3) is 0.176. The summed E-state index contributed by atoms with van der Waals surface area (Å²) < 4.78 is 27.1. The van der Waals surface area contributed by atoms with Gasteiger partial charge in [-0.1, -0.05) is 24.3 Å². The van der Waals surface area contributed by atoms with Crippen LogP contribution in [0.4, 0.5) is 8.78 Å². The molecule has 0 fully saturated rings. The maximum atomic E-state index is 13.8. The number of hydrogen-bond donors (Lipinski definition) is 2. The van der Waals surface area contributed by atoms with Gasteiger partial charge in [0.2, 0.25) is 5.91 Å². The van der Waals surface area contributed by atoms with E-state index in [0.717, 1.165) is 29.3 Å². The Bertz CT molecular complexity index is 791. The van der Waals surface area contributed by atoms with Crippen LogP contribution in [0.15, 0.2) is 42.5 Å². The summed E-state index contributed by atoms with van der Waals surface area (Å²) in [5.74, 6) is -4.08. The highest BCUT2D eigenvalue weighted by Gasteiger charge is 2.35. The molecular formula is C17H13F2NO3. The van der Waals surface area contributed by atoms with Crippen LogP contribution in [0.2, 0.25) is 0 Å². The van der Waals surface area contributed by atoms with Crippen LogP contribution in [-0.2, 0) is 16.0 Å². The number of nitrogens with one attached hydrogen (secondary N) is 1. The van der Waals surface area contributed by atoms with E-state index in [4.69, 9.17) is 0 Å². The number of fused-ring (bicyclic) bond motifs is 1. The van der Waals surface area contributed by atoms with Gasteiger partial charge in [-0.2, -0.15) is 0 Å². The summed E-state index contributed by atoms with van der Waals surface area (Å²) in [6, 6.07) is 8.21. The van der Waals surface area contributed by atoms with Crippen molar-refractivity contribution in [2.75, 3.05) is 0 Å². The Morgan fingerprint density at radius 3 is 2.61 bits per heavy atom. The van der Waals surface area contributed by atoms with Gasteiger partial charge in [-0.15, -0.1) is 0 Å². The minimum atomic E-state index is -1.63. The molecule has 0 radical (unpaired) electrons. The molecule has 0 bridgehead atoms. The molecule has 2 N–H and O–H groups in total. The molecule has 6 heteroatoms. The van der Waals surface area contributed by atoms with Crippen molar-refractivity contribution in [2.45, 2.75) is 18.4 Å². The maximum Gasteiger partial charge on any atom is 0.331 e. The number of carbonyl (C=O) groups is 2. The van der Waals surface area contributed by atoms with Crippen molar-refractivity contribution in [1.82, 2.24) is 5.32 Å². The summed E-state index contributed by atoms with van der Waals surface area (Å²) in [5.41, 5.74) is 1.45. The van der Waals surface area contributed by atoms with Gasteiger partial charge in [-0.3, -0.25) is 4.79 Å². The van der Waals surface area contributed by atoms with Crippen LogP contribution < -0.4 is 5.32 Å². The van der Waals surface area contributed by atoms with Crippen LogP contribution in [0.3, 0.4) is 0 Å². The fourth-order valence-electron chi connectivity index (χ4n) is 2.74. The lowest BCUT2D eigenvalue weighted by Gasteiger charge is -2.30. The van der Waals surface area contributed by atoms with E-state index in [9.17, 15) is 23.5 Å². The molecule has 0 saturated carbocycles. The summed E-state index contributed by atoms with van der Waals surface area (Å²) in [6.07, 6.45) is 0.500. The summed E-state index contributed by atoms with van der Waals surface area (Å²) in [5, 5.41) is 11.6. The van der Waals surface area contributed by atoms with Gasteiger partial charge in [0.25, 0.3) is 0 Å². The zero-order valence-corrected chi connectivity index (χ0v) is 11.9. The van der Waals surface area contributed by atoms with Crippen molar-refractivity contribution in [3.8, 4) is 0 Å². The van der Waals surface area contributed by atoms with E-state index in [-0.39, 0.29) is 0 Å². The van der Waals surface area contributed by atoms with Crippen LogP contribution in [0.1, 0.15) is 28.7 Å². The van der Waals surface area contributed by atoms with Gasteiger partial charge in [0.15, 0.2) is 6.04 Å². The SMILES string of the molecule is O=C(NC(C(=O)O)c1cc(F)ccc1F)C1Cc2ccccc21. The smallest absolute Gasteiger partial charge is 0.331 e. The Hall–Kier alpha value is -2.76. The molecule has 23 heavy (non-hydrogen) atoms. The maximum absolute atomic E-state index is 13.8. The van der Waals surface area contributed by atoms with E-state index in [1.54, 1.807) is 12.1 Å². The Kier molecular flexibility index (Phi) is 3.82. The Morgan fingerprint density at radius 1 is 1.17 bits per heavy atom. The second-order valence-electron chi connectivity index (χ2n) is 5.40. The van der Waals surface area contributed by atoms with Gasteiger partial charge in [0, 0.05) is 5.56 Å². The minimum Gasteiger partial charge on any atom is -0.479 e.